The van der Waals surface area contributed by atoms with Crippen LogP contribution in [0.3, 0.4) is 0 Å². The highest BCUT2D eigenvalue weighted by Crippen LogP contribution is 2.38. The van der Waals surface area contributed by atoms with Crippen LogP contribution in [0.25, 0.3) is 0 Å². The number of fused-ring (bicyclic) bond motifs is 1. The third kappa shape index (κ3) is 2.11. The van der Waals surface area contributed by atoms with Crippen molar-refractivity contribution in [1.29, 1.82) is 0 Å². The quantitative estimate of drug-likeness (QED) is 0.659. The molecule has 1 aliphatic rings. The van der Waals surface area contributed by atoms with Crippen LogP contribution in [-0.2, 0) is 25.7 Å². The molecule has 0 N–H and O–H groups in total. The highest BCUT2D eigenvalue weighted by molar-refractivity contribution is 7.32. The van der Waals surface area contributed by atoms with Gasteiger partial charge >= 0.3 is 0 Å². The van der Waals surface area contributed by atoms with Gasteiger partial charge in [-0.1, -0.05) is 23.3 Å². The predicted octanol–water partition coefficient (Wildman–Crippen LogP) is 4.32. The van der Waals surface area contributed by atoms with Crippen molar-refractivity contribution in [2.45, 2.75) is 38.5 Å². The van der Waals surface area contributed by atoms with Gasteiger partial charge in [-0.15, -0.1) is 13.2 Å². The number of allylic oxidation sites excluding steroid dienone is 2. The van der Waals surface area contributed by atoms with Crippen LogP contribution in [0, 0.1) is 0 Å². The zero-order valence-corrected chi connectivity index (χ0v) is 10.2. The topological polar surface area (TPSA) is 0 Å². The van der Waals surface area contributed by atoms with Crippen LogP contribution in [0.15, 0.2) is 25.3 Å². The van der Waals surface area contributed by atoms with Gasteiger partial charge in [0.15, 0.2) is 0 Å². The minimum absolute atomic E-state index is 1.07. The monoisotopic (exact) mass is 217 g/mol. The largest absolute Gasteiger partial charge is 0.523 e. The summed E-state index contributed by atoms with van der Waals surface area (Å²) >= 11 is 0. The smallest absolute Gasteiger partial charge is 0.0300 e. The molecule has 1 heteroatoms. The van der Waals surface area contributed by atoms with Crippen LogP contribution >= 0.6 is 8.19 Å². The standard InChI is InChI=1S/C14H18P/c1-3-7-13-11-9-5-6-10-12(11)14(15-13)8-4-2/h3-4H,1-2,5-10H2/q-1. The highest BCUT2D eigenvalue weighted by Gasteiger charge is 2.11. The first-order chi connectivity index (χ1) is 7.36. The van der Waals surface area contributed by atoms with E-state index in [0.29, 0.717) is 0 Å². The van der Waals surface area contributed by atoms with Crippen LogP contribution < -0.4 is 0 Å². The Morgan fingerprint density at radius 2 is 1.40 bits per heavy atom. The van der Waals surface area contributed by atoms with E-state index in [1.165, 1.54) is 33.9 Å². The summed E-state index contributed by atoms with van der Waals surface area (Å²) in [5, 5.41) is 3.22. The molecular formula is C14H18P-. The number of hydrogen-bond donors (Lipinski definition) is 0. The van der Waals surface area contributed by atoms with Crippen molar-refractivity contribution in [3.8, 4) is 0 Å². The lowest BCUT2D eigenvalue weighted by Crippen LogP contribution is -2.02. The molecule has 0 bridgehead atoms. The second-order valence-electron chi connectivity index (χ2n) is 4.16. The molecule has 1 aromatic heterocycles. The minimum atomic E-state index is 1.07. The summed E-state index contributed by atoms with van der Waals surface area (Å²) in [5.41, 5.74) is 3.33. The molecule has 0 atom stereocenters. The van der Waals surface area contributed by atoms with Gasteiger partial charge in [-0.25, -0.2) is 10.6 Å². The molecule has 1 heterocycles. The molecule has 0 aliphatic heterocycles. The van der Waals surface area contributed by atoms with Gasteiger partial charge in [0.2, 0.25) is 0 Å². The van der Waals surface area contributed by atoms with Gasteiger partial charge < -0.3 is 8.19 Å². The molecule has 0 saturated carbocycles. The van der Waals surface area contributed by atoms with Crippen LogP contribution in [0.5, 0.6) is 0 Å². The van der Waals surface area contributed by atoms with E-state index in [4.69, 9.17) is 0 Å². The molecule has 2 rings (SSSR count). The van der Waals surface area contributed by atoms with Crippen molar-refractivity contribution in [1.82, 2.24) is 0 Å². The molecule has 1 aromatic rings. The number of hydrogen-bond acceptors (Lipinski definition) is 0. The molecule has 0 radical (unpaired) electrons. The lowest BCUT2D eigenvalue weighted by Gasteiger charge is -2.18. The molecule has 0 unspecified atom stereocenters. The van der Waals surface area contributed by atoms with Gasteiger partial charge in [-0.05, 0) is 38.5 Å². The number of rotatable bonds is 4. The first kappa shape index (κ1) is 10.8. The maximum absolute atomic E-state index is 3.86. The van der Waals surface area contributed by atoms with Gasteiger partial charge in [0, 0.05) is 0 Å². The molecule has 0 amide bonds. The summed E-state index contributed by atoms with van der Waals surface area (Å²) in [5.74, 6) is 0. The summed E-state index contributed by atoms with van der Waals surface area (Å²) in [6.45, 7) is 7.71. The SMILES string of the molecule is C=CCc1[p-]c(CC=C)c2c1CCCC2. The Morgan fingerprint density at radius 1 is 0.933 bits per heavy atom. The molecule has 15 heavy (non-hydrogen) atoms. The van der Waals surface area contributed by atoms with E-state index < -0.39 is 0 Å². The first-order valence-electron chi connectivity index (χ1n) is 5.74. The van der Waals surface area contributed by atoms with Gasteiger partial charge in [-0.2, -0.15) is 0 Å². The maximum Gasteiger partial charge on any atom is -0.0300 e. The summed E-state index contributed by atoms with van der Waals surface area (Å²) in [6.07, 6.45) is 11.6. The van der Waals surface area contributed by atoms with Crippen LogP contribution in [0.2, 0.25) is 0 Å². The fraction of sp³-hybridized carbons (Fsp3) is 0.429. The van der Waals surface area contributed by atoms with Gasteiger partial charge in [0.1, 0.15) is 0 Å². The van der Waals surface area contributed by atoms with Crippen LogP contribution in [0.1, 0.15) is 34.6 Å². The Kier molecular flexibility index (Phi) is 3.49. The van der Waals surface area contributed by atoms with Crippen molar-refractivity contribution in [2.75, 3.05) is 0 Å². The van der Waals surface area contributed by atoms with Crippen molar-refractivity contribution in [3.63, 3.8) is 0 Å². The Balaban J connectivity index is 2.39. The van der Waals surface area contributed by atoms with E-state index in [-0.39, 0.29) is 0 Å². The molecule has 0 spiro atoms. The van der Waals surface area contributed by atoms with Gasteiger partial charge in [0.05, 0.1) is 0 Å². The lowest BCUT2D eigenvalue weighted by molar-refractivity contribution is 0.683. The molecule has 0 fully saturated rings. The van der Waals surface area contributed by atoms with E-state index in [1.807, 2.05) is 12.2 Å². The van der Waals surface area contributed by atoms with Crippen molar-refractivity contribution in [2.24, 2.45) is 0 Å². The molecule has 0 nitrogen and oxygen atoms in total. The Bertz CT molecular complexity index is 336. The van der Waals surface area contributed by atoms with Crippen LogP contribution in [-0.4, -0.2) is 0 Å². The summed E-state index contributed by atoms with van der Waals surface area (Å²) < 4.78 is 0. The van der Waals surface area contributed by atoms with E-state index in [9.17, 15) is 0 Å². The van der Waals surface area contributed by atoms with E-state index in [1.54, 1.807) is 21.7 Å². The Labute approximate surface area is 94.2 Å². The fourth-order valence-corrected chi connectivity index (χ4v) is 3.98. The van der Waals surface area contributed by atoms with Crippen molar-refractivity contribution >= 4 is 8.19 Å². The molecule has 0 aromatic carbocycles. The molecule has 1 aliphatic carbocycles. The minimum Gasteiger partial charge on any atom is -0.523 e. The van der Waals surface area contributed by atoms with E-state index >= 15 is 0 Å². The van der Waals surface area contributed by atoms with E-state index in [0.717, 1.165) is 12.8 Å². The van der Waals surface area contributed by atoms with Crippen molar-refractivity contribution in [3.05, 3.63) is 47.0 Å². The molecule has 80 valence electrons. The Hall–Kier alpha value is -0.740. The normalized spacial score (nSPS) is 14.7. The zero-order chi connectivity index (χ0) is 10.7. The second kappa shape index (κ2) is 4.86. The lowest BCUT2D eigenvalue weighted by atomic mass is 9.91. The predicted molar refractivity (Wildman–Crippen MR) is 69.0 cm³/mol. The summed E-state index contributed by atoms with van der Waals surface area (Å²) in [6, 6.07) is 0. The maximum atomic E-state index is 3.86. The third-order valence-corrected chi connectivity index (χ3v) is 4.55. The second-order valence-corrected chi connectivity index (χ2v) is 5.46. The summed E-state index contributed by atoms with van der Waals surface area (Å²) in [4.78, 5) is 0. The van der Waals surface area contributed by atoms with Crippen LogP contribution in [0.4, 0.5) is 0 Å². The third-order valence-electron chi connectivity index (χ3n) is 3.11. The average Bonchev–Trinajstić information content (AvgIpc) is 2.59. The average molecular weight is 217 g/mol. The van der Waals surface area contributed by atoms with Crippen molar-refractivity contribution < 1.29 is 0 Å². The molecule has 0 saturated heterocycles. The first-order valence-corrected chi connectivity index (χ1v) is 6.64. The fourth-order valence-electron chi connectivity index (χ4n) is 2.45. The Morgan fingerprint density at radius 3 is 1.80 bits per heavy atom. The summed E-state index contributed by atoms with van der Waals surface area (Å²) in [7, 11) is 1.46. The molecular weight excluding hydrogens is 199 g/mol. The van der Waals surface area contributed by atoms with E-state index in [2.05, 4.69) is 13.2 Å². The van der Waals surface area contributed by atoms with Gasteiger partial charge in [0.25, 0.3) is 0 Å². The highest BCUT2D eigenvalue weighted by atomic mass is 31.0. The van der Waals surface area contributed by atoms with Gasteiger partial charge in [-0.3, -0.25) is 0 Å². The zero-order valence-electron chi connectivity index (χ0n) is 9.26.